The fourth-order valence-electron chi connectivity index (χ4n) is 11.7. The number of fused-ring (bicyclic) bond motifs is 7. The van der Waals surface area contributed by atoms with Gasteiger partial charge >= 0.3 is 0 Å². The second-order valence-electron chi connectivity index (χ2n) is 19.9. The average Bonchev–Trinajstić information content (AvgIpc) is 3.51. The summed E-state index contributed by atoms with van der Waals surface area (Å²) in [6, 6.07) is 55.8. The third-order valence-electron chi connectivity index (χ3n) is 13.5. The van der Waals surface area contributed by atoms with Crippen molar-refractivity contribution in [2.24, 2.45) is 0 Å². The van der Waals surface area contributed by atoms with Crippen LogP contribution in [0.1, 0.15) is 44.5 Å². The van der Waals surface area contributed by atoms with Crippen molar-refractivity contribution in [2.45, 2.75) is 85.5 Å². The first-order valence-corrected chi connectivity index (χ1v) is 29.0. The molecule has 61 heavy (non-hydrogen) atoms. The van der Waals surface area contributed by atoms with E-state index in [1.165, 1.54) is 111 Å². The van der Waals surface area contributed by atoms with Crippen LogP contribution in [0.25, 0.3) is 32.7 Å². The molecule has 0 saturated heterocycles. The van der Waals surface area contributed by atoms with Crippen molar-refractivity contribution in [2.75, 3.05) is 9.80 Å². The molecule has 8 aromatic rings. The molecule has 1 aliphatic carbocycles. The quantitative estimate of drug-likeness (QED) is 0.141. The van der Waals surface area contributed by atoms with Crippen molar-refractivity contribution in [1.82, 2.24) is 0 Å². The van der Waals surface area contributed by atoms with E-state index in [1.54, 1.807) is 0 Å². The lowest BCUT2D eigenvalue weighted by atomic mass is 9.91. The van der Waals surface area contributed by atoms with Gasteiger partial charge in [-0.05, 0) is 156 Å². The molecule has 9 rings (SSSR count). The molecule has 0 bridgehead atoms. The number of para-hydroxylation sites is 2. The van der Waals surface area contributed by atoms with Crippen molar-refractivity contribution in [1.29, 1.82) is 0 Å². The average molecular weight is 829 g/mol. The van der Waals surface area contributed by atoms with E-state index in [-0.39, 0.29) is 4.66 Å². The van der Waals surface area contributed by atoms with E-state index in [9.17, 15) is 0 Å². The first kappa shape index (κ1) is 40.7. The summed E-state index contributed by atoms with van der Waals surface area (Å²) in [7, 11) is -4.30. The van der Waals surface area contributed by atoms with Crippen molar-refractivity contribution in [3.63, 3.8) is 0 Å². The van der Waals surface area contributed by atoms with E-state index in [2.05, 4.69) is 236 Å². The SMILES string of the molecule is Cc1cc(C)cc(N(c2ccccc2C)c2cc3c(c4ccccc24)-c2c(cc(N(c4cc(C)cc(C)c4)c4ccccc4C)c4ccccc24)C3([Si](C)(C)C)[Si](C)(C)C)c1. The first-order chi connectivity index (χ1) is 29.0. The second kappa shape index (κ2) is 14.7. The number of rotatable bonds is 8. The molecule has 0 aromatic heterocycles. The van der Waals surface area contributed by atoms with Crippen LogP contribution in [0, 0.1) is 41.5 Å². The number of hydrogen-bond donors (Lipinski definition) is 0. The Hall–Kier alpha value is -5.69. The van der Waals surface area contributed by atoms with Crippen LogP contribution in [0.5, 0.6) is 0 Å². The zero-order valence-corrected chi connectivity index (χ0v) is 40.3. The Morgan fingerprint density at radius 1 is 0.344 bits per heavy atom. The van der Waals surface area contributed by atoms with E-state index in [4.69, 9.17) is 0 Å². The monoisotopic (exact) mass is 828 g/mol. The van der Waals surface area contributed by atoms with Gasteiger partial charge in [-0.3, -0.25) is 0 Å². The van der Waals surface area contributed by atoms with Gasteiger partial charge in [-0.25, -0.2) is 0 Å². The maximum absolute atomic E-state index is 2.68. The molecule has 2 nitrogen and oxygen atoms in total. The molecule has 0 amide bonds. The lowest BCUT2D eigenvalue weighted by Gasteiger charge is -2.51. The Balaban J connectivity index is 1.47. The van der Waals surface area contributed by atoms with Crippen molar-refractivity contribution < 1.29 is 0 Å². The second-order valence-corrected chi connectivity index (χ2v) is 30.9. The summed E-state index contributed by atoms with van der Waals surface area (Å²) in [5, 5.41) is 5.23. The summed E-state index contributed by atoms with van der Waals surface area (Å²) < 4.78 is -0.137. The summed E-state index contributed by atoms with van der Waals surface area (Å²) in [6.45, 7) is 29.3. The van der Waals surface area contributed by atoms with Gasteiger partial charge < -0.3 is 9.80 Å². The molecule has 0 spiro atoms. The topological polar surface area (TPSA) is 6.48 Å². The predicted molar refractivity (Wildman–Crippen MR) is 272 cm³/mol. The molecular formula is C57H60N2Si2. The van der Waals surface area contributed by atoms with Gasteiger partial charge in [-0.15, -0.1) is 0 Å². The van der Waals surface area contributed by atoms with Crippen LogP contribution >= 0.6 is 0 Å². The van der Waals surface area contributed by atoms with Crippen LogP contribution in [0.4, 0.5) is 34.1 Å². The van der Waals surface area contributed by atoms with Crippen LogP contribution < -0.4 is 9.80 Å². The lowest BCUT2D eigenvalue weighted by Crippen LogP contribution is -2.63. The molecule has 0 N–H and O–H groups in total. The highest BCUT2D eigenvalue weighted by atomic mass is 28.4. The minimum atomic E-state index is -2.15. The summed E-state index contributed by atoms with van der Waals surface area (Å²) in [4.78, 5) is 5.15. The largest absolute Gasteiger partial charge is 0.310 e. The molecule has 306 valence electrons. The summed E-state index contributed by atoms with van der Waals surface area (Å²) in [6.07, 6.45) is 0. The third kappa shape index (κ3) is 6.41. The van der Waals surface area contributed by atoms with E-state index in [0.29, 0.717) is 0 Å². The fourth-order valence-corrected chi connectivity index (χ4v) is 24.7. The summed E-state index contributed by atoms with van der Waals surface area (Å²) in [5.74, 6) is 0. The highest BCUT2D eigenvalue weighted by Gasteiger charge is 2.60. The van der Waals surface area contributed by atoms with E-state index < -0.39 is 16.1 Å². The molecule has 0 unspecified atom stereocenters. The maximum Gasteiger partial charge on any atom is 0.0579 e. The maximum atomic E-state index is 2.68. The van der Waals surface area contributed by atoms with Crippen LogP contribution in [0.2, 0.25) is 39.3 Å². The molecule has 0 fully saturated rings. The zero-order valence-electron chi connectivity index (χ0n) is 38.3. The molecule has 4 heteroatoms. The van der Waals surface area contributed by atoms with Crippen LogP contribution in [-0.2, 0) is 4.66 Å². The van der Waals surface area contributed by atoms with Gasteiger partial charge in [-0.1, -0.05) is 136 Å². The standard InChI is InChI=1S/C57H60N2Si2/c1-37-29-38(2)32-43(31-37)58(51-27-19-13-21-41(51)5)53-35-49-55(47-25-17-15-23-45(47)53)56-48-26-18-16-24-46(48)54(36-50(56)57(49,60(7,8)9)61(10,11)12)59(52-28-20-14-22-42(52)6)44-33-39(3)30-40(4)34-44/h13-36H,1-12H3. The van der Waals surface area contributed by atoms with Crippen LogP contribution in [0.3, 0.4) is 0 Å². The Bertz CT molecular complexity index is 2790. The highest BCUT2D eigenvalue weighted by molar-refractivity contribution is 7.00. The van der Waals surface area contributed by atoms with Crippen molar-refractivity contribution >= 4 is 71.8 Å². The van der Waals surface area contributed by atoms with Gasteiger partial charge in [0.1, 0.15) is 0 Å². The number of nitrogens with zero attached hydrogens (tertiary/aromatic N) is 2. The smallest absolute Gasteiger partial charge is 0.0579 e. The number of aryl methyl sites for hydroxylation is 6. The molecule has 0 aliphatic heterocycles. The van der Waals surface area contributed by atoms with Gasteiger partial charge in [0.2, 0.25) is 0 Å². The first-order valence-electron chi connectivity index (χ1n) is 22.0. The van der Waals surface area contributed by atoms with Gasteiger partial charge in [0.25, 0.3) is 0 Å². The molecule has 0 saturated carbocycles. The molecule has 1 aliphatic rings. The number of anilines is 6. The summed E-state index contributed by atoms with van der Waals surface area (Å²) in [5.41, 5.74) is 20.8. The molecule has 0 heterocycles. The minimum Gasteiger partial charge on any atom is -0.310 e. The van der Waals surface area contributed by atoms with Crippen LogP contribution in [0.15, 0.2) is 146 Å². The van der Waals surface area contributed by atoms with Gasteiger partial charge in [0, 0.05) is 38.2 Å². The molecular weight excluding hydrogens is 769 g/mol. The van der Waals surface area contributed by atoms with Crippen molar-refractivity contribution in [3.8, 4) is 11.1 Å². The lowest BCUT2D eigenvalue weighted by molar-refractivity contribution is 0.953. The number of hydrogen-bond acceptors (Lipinski definition) is 2. The fraction of sp³-hybridized carbons (Fsp3) is 0.228. The Morgan fingerprint density at radius 3 is 0.984 bits per heavy atom. The normalized spacial score (nSPS) is 13.4. The third-order valence-corrected chi connectivity index (χ3v) is 23.6. The predicted octanol–water partition coefficient (Wildman–Crippen LogP) is 16.8. The van der Waals surface area contributed by atoms with Gasteiger partial charge in [0.05, 0.1) is 27.5 Å². The van der Waals surface area contributed by atoms with Crippen LogP contribution in [-0.4, -0.2) is 16.1 Å². The highest BCUT2D eigenvalue weighted by Crippen LogP contribution is 2.64. The Labute approximate surface area is 366 Å². The van der Waals surface area contributed by atoms with Gasteiger partial charge in [0.15, 0.2) is 0 Å². The van der Waals surface area contributed by atoms with E-state index in [1.807, 2.05) is 0 Å². The summed E-state index contributed by atoms with van der Waals surface area (Å²) >= 11 is 0. The van der Waals surface area contributed by atoms with E-state index in [0.717, 1.165) is 0 Å². The minimum absolute atomic E-state index is 0.137. The Morgan fingerprint density at radius 2 is 0.656 bits per heavy atom. The van der Waals surface area contributed by atoms with Gasteiger partial charge in [-0.2, -0.15) is 0 Å². The Kier molecular flexibility index (Phi) is 9.84. The molecule has 8 aromatic carbocycles. The molecule has 0 radical (unpaired) electrons. The molecule has 0 atom stereocenters. The zero-order chi connectivity index (χ0) is 43.2. The van der Waals surface area contributed by atoms with E-state index >= 15 is 0 Å². The number of benzene rings is 8. The van der Waals surface area contributed by atoms with Crippen molar-refractivity contribution in [3.05, 3.63) is 190 Å².